The molecule has 0 aliphatic heterocycles. The van der Waals surface area contributed by atoms with Crippen molar-refractivity contribution < 1.29 is 19.8 Å². The first-order chi connectivity index (χ1) is 12.4. The lowest BCUT2D eigenvalue weighted by Gasteiger charge is -2.26. The van der Waals surface area contributed by atoms with Gasteiger partial charge in [0.15, 0.2) is 0 Å². The zero-order chi connectivity index (χ0) is 19.1. The smallest absolute Gasteiger partial charge is 0.414 e. The molecule has 3 rings (SSSR count). The quantitative estimate of drug-likeness (QED) is 0.830. The van der Waals surface area contributed by atoms with Crippen LogP contribution in [0.2, 0.25) is 0 Å². The van der Waals surface area contributed by atoms with Gasteiger partial charge in [0, 0.05) is 6.54 Å². The van der Waals surface area contributed by atoms with E-state index in [0.717, 1.165) is 13.0 Å². The Morgan fingerprint density at radius 3 is 2.12 bits per heavy atom. The molecule has 0 radical (unpaired) electrons. The highest BCUT2D eigenvalue weighted by Gasteiger charge is 2.20. The van der Waals surface area contributed by atoms with Crippen molar-refractivity contribution in [3.8, 4) is 0 Å². The number of aliphatic carboxylic acids is 2. The normalized spacial score (nSPS) is 15.3. The fourth-order valence-corrected chi connectivity index (χ4v) is 3.08. The van der Waals surface area contributed by atoms with Gasteiger partial charge in [-0.05, 0) is 48.7 Å². The summed E-state index contributed by atoms with van der Waals surface area (Å²) in [5, 5.41) is 14.8. The fraction of sp³-hybridized carbons (Fsp3) is 0.238. The summed E-state index contributed by atoms with van der Waals surface area (Å²) in [7, 11) is 4.30. The first-order valence-electron chi connectivity index (χ1n) is 8.35. The van der Waals surface area contributed by atoms with Gasteiger partial charge in [0.25, 0.3) is 0 Å². The van der Waals surface area contributed by atoms with Crippen LogP contribution >= 0.6 is 0 Å². The van der Waals surface area contributed by atoms with Crippen LogP contribution in [0.4, 0.5) is 0 Å². The average Bonchev–Trinajstić information content (AvgIpc) is 2.61. The Morgan fingerprint density at radius 2 is 1.54 bits per heavy atom. The predicted octanol–water partition coefficient (Wildman–Crippen LogP) is 3.01. The zero-order valence-electron chi connectivity index (χ0n) is 14.9. The van der Waals surface area contributed by atoms with Crippen molar-refractivity contribution in [2.75, 3.05) is 20.6 Å². The largest absolute Gasteiger partial charge is 0.473 e. The van der Waals surface area contributed by atoms with Gasteiger partial charge in [-0.25, -0.2) is 9.59 Å². The Kier molecular flexibility index (Phi) is 6.69. The molecule has 1 aliphatic rings. The third kappa shape index (κ3) is 5.29. The Balaban J connectivity index is 0.000000352. The number of rotatable bonds is 3. The summed E-state index contributed by atoms with van der Waals surface area (Å²) in [5.41, 5.74) is 5.58. The molecule has 26 heavy (non-hydrogen) atoms. The standard InChI is InChI=1S/C19H21N.C2H2O4/c1-20(2)14-15-12-17-10-6-7-11-18(17)19(13-15)16-8-4-3-5-9-16;3-1(4)2(5)6/h3-11,13,15H,12,14H2,1-2H3;(H,3,4)(H,5,6). The maximum Gasteiger partial charge on any atom is 0.414 e. The number of benzene rings is 2. The van der Waals surface area contributed by atoms with Crippen molar-refractivity contribution in [3.05, 3.63) is 77.4 Å². The minimum Gasteiger partial charge on any atom is -0.473 e. The summed E-state index contributed by atoms with van der Waals surface area (Å²) < 4.78 is 0. The Hall–Kier alpha value is -2.92. The molecule has 0 saturated carbocycles. The van der Waals surface area contributed by atoms with Crippen molar-refractivity contribution in [2.45, 2.75) is 6.42 Å². The molecule has 0 saturated heterocycles. The first-order valence-corrected chi connectivity index (χ1v) is 8.35. The summed E-state index contributed by atoms with van der Waals surface area (Å²) in [6.45, 7) is 1.10. The van der Waals surface area contributed by atoms with Crippen molar-refractivity contribution in [2.24, 2.45) is 5.92 Å². The van der Waals surface area contributed by atoms with Crippen molar-refractivity contribution in [1.82, 2.24) is 4.90 Å². The lowest BCUT2D eigenvalue weighted by molar-refractivity contribution is -0.159. The highest BCUT2D eigenvalue weighted by molar-refractivity contribution is 6.27. The highest BCUT2D eigenvalue weighted by Crippen LogP contribution is 2.33. The third-order valence-electron chi connectivity index (χ3n) is 4.06. The second-order valence-electron chi connectivity index (χ2n) is 6.44. The molecule has 2 N–H and O–H groups in total. The summed E-state index contributed by atoms with van der Waals surface area (Å²) in [5.74, 6) is -3.06. The van der Waals surface area contributed by atoms with Gasteiger partial charge in [0.1, 0.15) is 0 Å². The summed E-state index contributed by atoms with van der Waals surface area (Å²) in [6.07, 6.45) is 3.60. The number of fused-ring (bicyclic) bond motifs is 1. The van der Waals surface area contributed by atoms with E-state index < -0.39 is 11.9 Å². The van der Waals surface area contributed by atoms with Gasteiger partial charge in [-0.2, -0.15) is 0 Å². The summed E-state index contributed by atoms with van der Waals surface area (Å²) in [4.78, 5) is 20.5. The van der Waals surface area contributed by atoms with Crippen LogP contribution in [0.25, 0.3) is 5.57 Å². The number of hydrogen-bond donors (Lipinski definition) is 2. The van der Waals surface area contributed by atoms with E-state index in [1.807, 2.05) is 0 Å². The van der Waals surface area contributed by atoms with Gasteiger partial charge in [-0.15, -0.1) is 0 Å². The Bertz CT molecular complexity index is 785. The van der Waals surface area contributed by atoms with E-state index in [1.54, 1.807) is 0 Å². The van der Waals surface area contributed by atoms with E-state index in [9.17, 15) is 0 Å². The van der Waals surface area contributed by atoms with E-state index in [-0.39, 0.29) is 0 Å². The van der Waals surface area contributed by atoms with Crippen LogP contribution in [-0.2, 0) is 16.0 Å². The topological polar surface area (TPSA) is 77.8 Å². The van der Waals surface area contributed by atoms with Crippen LogP contribution in [0.3, 0.4) is 0 Å². The van der Waals surface area contributed by atoms with Crippen LogP contribution in [0.15, 0.2) is 60.7 Å². The van der Waals surface area contributed by atoms with E-state index in [4.69, 9.17) is 19.8 Å². The second kappa shape index (κ2) is 8.97. The molecule has 1 unspecified atom stereocenters. The van der Waals surface area contributed by atoms with Gasteiger partial charge < -0.3 is 15.1 Å². The van der Waals surface area contributed by atoms with Crippen LogP contribution in [-0.4, -0.2) is 47.7 Å². The molecule has 1 aliphatic carbocycles. The number of carboxylic acid groups (broad SMARTS) is 2. The minimum absolute atomic E-state index is 0.593. The molecule has 5 heteroatoms. The molecule has 2 aromatic rings. The summed E-state index contributed by atoms with van der Waals surface area (Å²) in [6, 6.07) is 19.6. The van der Waals surface area contributed by atoms with Gasteiger partial charge >= 0.3 is 11.9 Å². The van der Waals surface area contributed by atoms with Crippen molar-refractivity contribution >= 4 is 17.5 Å². The second-order valence-corrected chi connectivity index (χ2v) is 6.44. The molecule has 136 valence electrons. The van der Waals surface area contributed by atoms with Crippen LogP contribution in [0.5, 0.6) is 0 Å². The molecule has 0 amide bonds. The molecule has 0 aromatic heterocycles. The number of carbonyl (C=O) groups is 2. The fourth-order valence-electron chi connectivity index (χ4n) is 3.08. The van der Waals surface area contributed by atoms with E-state index in [1.165, 1.54) is 22.3 Å². The SMILES string of the molecule is CN(C)CC1C=C(c2ccccc2)c2ccccc2C1.O=C(O)C(=O)O. The molecule has 0 heterocycles. The molecule has 0 bridgehead atoms. The minimum atomic E-state index is -1.82. The molecular formula is C21H23NO4. The van der Waals surface area contributed by atoms with Gasteiger partial charge in [-0.3, -0.25) is 0 Å². The van der Waals surface area contributed by atoms with Crippen LogP contribution in [0, 0.1) is 5.92 Å². The molecule has 0 fully saturated rings. The van der Waals surface area contributed by atoms with E-state index in [0.29, 0.717) is 5.92 Å². The molecule has 2 aromatic carbocycles. The van der Waals surface area contributed by atoms with E-state index >= 15 is 0 Å². The zero-order valence-corrected chi connectivity index (χ0v) is 14.9. The number of hydrogen-bond acceptors (Lipinski definition) is 3. The maximum absolute atomic E-state index is 9.10. The lowest BCUT2D eigenvalue weighted by atomic mass is 9.82. The van der Waals surface area contributed by atoms with Crippen LogP contribution < -0.4 is 0 Å². The lowest BCUT2D eigenvalue weighted by Crippen LogP contribution is -2.24. The highest BCUT2D eigenvalue weighted by atomic mass is 16.4. The number of carboxylic acids is 2. The Labute approximate surface area is 153 Å². The maximum atomic E-state index is 9.10. The summed E-state index contributed by atoms with van der Waals surface area (Å²) >= 11 is 0. The van der Waals surface area contributed by atoms with Gasteiger partial charge in [0.05, 0.1) is 0 Å². The van der Waals surface area contributed by atoms with Crippen molar-refractivity contribution in [3.63, 3.8) is 0 Å². The predicted molar refractivity (Wildman–Crippen MR) is 101 cm³/mol. The van der Waals surface area contributed by atoms with Crippen molar-refractivity contribution in [1.29, 1.82) is 0 Å². The molecule has 0 spiro atoms. The van der Waals surface area contributed by atoms with Gasteiger partial charge in [0.2, 0.25) is 0 Å². The third-order valence-corrected chi connectivity index (χ3v) is 4.06. The molecule has 5 nitrogen and oxygen atoms in total. The number of nitrogens with zero attached hydrogens (tertiary/aromatic N) is 1. The average molecular weight is 353 g/mol. The molecule has 1 atom stereocenters. The monoisotopic (exact) mass is 353 g/mol. The van der Waals surface area contributed by atoms with E-state index in [2.05, 4.69) is 79.7 Å². The van der Waals surface area contributed by atoms with Crippen LogP contribution in [0.1, 0.15) is 16.7 Å². The molecular weight excluding hydrogens is 330 g/mol. The first kappa shape index (κ1) is 19.4. The Morgan fingerprint density at radius 1 is 0.962 bits per heavy atom. The van der Waals surface area contributed by atoms with Gasteiger partial charge in [-0.1, -0.05) is 60.7 Å².